The molecule has 0 aliphatic heterocycles. The smallest absolute Gasteiger partial charge is 0.226 e. The highest BCUT2D eigenvalue weighted by atomic mass is 16.5. The molecular weight excluding hydrogens is 446 g/mol. The molecule has 0 N–H and O–H groups in total. The maximum Gasteiger partial charge on any atom is 0.226 e. The molecule has 3 aromatic carbocycles. The first-order chi connectivity index (χ1) is 17.7. The molecule has 1 heterocycles. The van der Waals surface area contributed by atoms with Crippen LogP contribution in [0.2, 0.25) is 0 Å². The highest BCUT2D eigenvalue weighted by Crippen LogP contribution is 2.33. The van der Waals surface area contributed by atoms with E-state index >= 15 is 0 Å². The Bertz CT molecular complexity index is 1230. The average Bonchev–Trinajstić information content (AvgIpc) is 3.30. The zero-order valence-corrected chi connectivity index (χ0v) is 21.1. The third-order valence-electron chi connectivity index (χ3n) is 7.02. The number of hydrogen-bond acceptors (Lipinski definition) is 4. The first-order valence-corrected chi connectivity index (χ1v) is 13.2. The molecule has 1 aromatic heterocycles. The number of aromatic nitrogens is 1. The number of benzene rings is 3. The van der Waals surface area contributed by atoms with Gasteiger partial charge in [-0.3, -0.25) is 0 Å². The van der Waals surface area contributed by atoms with Crippen LogP contribution in [0.1, 0.15) is 54.7 Å². The molecule has 0 saturated heterocycles. The Kier molecular flexibility index (Phi) is 8.02. The molecule has 36 heavy (non-hydrogen) atoms. The van der Waals surface area contributed by atoms with Crippen LogP contribution in [-0.4, -0.2) is 11.6 Å². The number of ether oxygens (including phenoxy) is 2. The molecule has 0 bridgehead atoms. The van der Waals surface area contributed by atoms with Crippen molar-refractivity contribution in [1.29, 1.82) is 0 Å². The van der Waals surface area contributed by atoms with E-state index < -0.39 is 0 Å². The fourth-order valence-corrected chi connectivity index (χ4v) is 5.01. The van der Waals surface area contributed by atoms with Crippen molar-refractivity contribution in [2.75, 3.05) is 6.61 Å². The third-order valence-corrected chi connectivity index (χ3v) is 7.02. The summed E-state index contributed by atoms with van der Waals surface area (Å²) >= 11 is 0. The number of oxazole rings is 1. The molecule has 1 aliphatic carbocycles. The van der Waals surface area contributed by atoms with Gasteiger partial charge in [-0.1, -0.05) is 80.6 Å². The fourth-order valence-electron chi connectivity index (χ4n) is 5.01. The SMILES string of the molecule is Cc1oc(-c2ccccc2)nc1CCOc1ccc(OCc2ccccc2)cc1CC1CCCCC1. The van der Waals surface area contributed by atoms with Crippen molar-refractivity contribution in [3.8, 4) is 23.0 Å². The molecule has 4 heteroatoms. The van der Waals surface area contributed by atoms with Crippen LogP contribution in [0.15, 0.2) is 83.3 Å². The van der Waals surface area contributed by atoms with Crippen molar-refractivity contribution in [2.45, 2.75) is 58.5 Å². The Morgan fingerprint density at radius 3 is 2.39 bits per heavy atom. The second-order valence-corrected chi connectivity index (χ2v) is 9.74. The lowest BCUT2D eigenvalue weighted by Gasteiger charge is -2.23. The lowest BCUT2D eigenvalue weighted by atomic mass is 9.84. The van der Waals surface area contributed by atoms with Gasteiger partial charge in [0.2, 0.25) is 5.89 Å². The van der Waals surface area contributed by atoms with Gasteiger partial charge >= 0.3 is 0 Å². The summed E-state index contributed by atoms with van der Waals surface area (Å²) < 4.78 is 18.4. The second-order valence-electron chi connectivity index (χ2n) is 9.74. The highest BCUT2D eigenvalue weighted by molar-refractivity contribution is 5.53. The first kappa shape index (κ1) is 24.2. The van der Waals surface area contributed by atoms with Crippen LogP contribution in [0.3, 0.4) is 0 Å². The van der Waals surface area contributed by atoms with Crippen molar-refractivity contribution >= 4 is 0 Å². The third kappa shape index (κ3) is 6.37. The molecule has 4 nitrogen and oxygen atoms in total. The van der Waals surface area contributed by atoms with Gasteiger partial charge in [-0.2, -0.15) is 0 Å². The lowest BCUT2D eigenvalue weighted by Crippen LogP contribution is -2.11. The fraction of sp³-hybridized carbons (Fsp3) is 0.344. The molecule has 0 atom stereocenters. The summed E-state index contributed by atoms with van der Waals surface area (Å²) in [4.78, 5) is 4.73. The minimum atomic E-state index is 0.559. The van der Waals surface area contributed by atoms with E-state index in [-0.39, 0.29) is 0 Å². The Morgan fingerprint density at radius 1 is 0.861 bits per heavy atom. The second kappa shape index (κ2) is 11.9. The standard InChI is InChI=1S/C32H35NO3/c1-24-30(33-32(36-24)27-15-9-4-10-16-27)19-20-34-31-18-17-29(35-23-26-13-7-3-8-14-26)22-28(31)21-25-11-5-2-6-12-25/h3-4,7-10,13-18,22,25H,2,5-6,11-12,19-21,23H2,1H3. The van der Waals surface area contributed by atoms with Gasteiger partial charge < -0.3 is 13.9 Å². The molecule has 1 aliphatic rings. The quantitative estimate of drug-likeness (QED) is 0.230. The summed E-state index contributed by atoms with van der Waals surface area (Å²) in [6, 6.07) is 26.6. The van der Waals surface area contributed by atoms with Crippen LogP contribution in [0, 0.1) is 12.8 Å². The molecule has 186 valence electrons. The Balaban J connectivity index is 1.26. The minimum Gasteiger partial charge on any atom is -0.493 e. The van der Waals surface area contributed by atoms with E-state index in [1.807, 2.05) is 61.5 Å². The number of nitrogens with zero attached hydrogens (tertiary/aromatic N) is 1. The van der Waals surface area contributed by atoms with Gasteiger partial charge in [-0.25, -0.2) is 4.98 Å². The van der Waals surface area contributed by atoms with Gasteiger partial charge in [0, 0.05) is 12.0 Å². The average molecular weight is 482 g/mol. The Labute approximate surface area is 214 Å². The number of rotatable bonds is 10. The molecule has 0 radical (unpaired) electrons. The maximum atomic E-state index is 6.33. The molecule has 0 amide bonds. The van der Waals surface area contributed by atoms with Crippen LogP contribution < -0.4 is 9.47 Å². The van der Waals surface area contributed by atoms with E-state index in [0.29, 0.717) is 25.5 Å². The summed E-state index contributed by atoms with van der Waals surface area (Å²) in [5.41, 5.74) is 4.36. The van der Waals surface area contributed by atoms with Crippen LogP contribution in [0.25, 0.3) is 11.5 Å². The Morgan fingerprint density at radius 2 is 1.61 bits per heavy atom. The van der Waals surface area contributed by atoms with Gasteiger partial charge in [0.1, 0.15) is 23.9 Å². The van der Waals surface area contributed by atoms with Crippen LogP contribution in [-0.2, 0) is 19.4 Å². The first-order valence-electron chi connectivity index (χ1n) is 13.2. The number of aryl methyl sites for hydroxylation is 1. The Hall–Kier alpha value is -3.53. The van der Waals surface area contributed by atoms with Gasteiger partial charge in [0.15, 0.2) is 0 Å². The summed E-state index contributed by atoms with van der Waals surface area (Å²) in [7, 11) is 0. The normalized spacial score (nSPS) is 14.0. The monoisotopic (exact) mass is 481 g/mol. The van der Waals surface area contributed by atoms with Gasteiger partial charge in [0.25, 0.3) is 0 Å². The van der Waals surface area contributed by atoms with Crippen molar-refractivity contribution in [3.63, 3.8) is 0 Å². The van der Waals surface area contributed by atoms with E-state index in [0.717, 1.165) is 40.9 Å². The maximum absolute atomic E-state index is 6.33. The van der Waals surface area contributed by atoms with Gasteiger partial charge in [0.05, 0.1) is 12.3 Å². The molecule has 4 aromatic rings. The summed E-state index contributed by atoms with van der Waals surface area (Å²) in [5, 5.41) is 0. The molecule has 5 rings (SSSR count). The molecular formula is C32H35NO3. The highest BCUT2D eigenvalue weighted by Gasteiger charge is 2.18. The topological polar surface area (TPSA) is 44.5 Å². The van der Waals surface area contributed by atoms with E-state index in [9.17, 15) is 0 Å². The minimum absolute atomic E-state index is 0.559. The molecule has 0 unspecified atom stereocenters. The summed E-state index contributed by atoms with van der Waals surface area (Å²) in [5.74, 6) is 4.09. The van der Waals surface area contributed by atoms with Crippen LogP contribution in [0.4, 0.5) is 0 Å². The largest absolute Gasteiger partial charge is 0.493 e. The molecule has 1 saturated carbocycles. The summed E-state index contributed by atoms with van der Waals surface area (Å²) in [6.07, 6.45) is 8.38. The molecule has 0 spiro atoms. The van der Waals surface area contributed by atoms with E-state index in [1.54, 1.807) is 0 Å². The van der Waals surface area contributed by atoms with Crippen LogP contribution >= 0.6 is 0 Å². The van der Waals surface area contributed by atoms with E-state index in [2.05, 4.69) is 24.3 Å². The zero-order chi connectivity index (χ0) is 24.6. The lowest BCUT2D eigenvalue weighted by molar-refractivity contribution is 0.296. The van der Waals surface area contributed by atoms with Gasteiger partial charge in [-0.15, -0.1) is 0 Å². The number of hydrogen-bond donors (Lipinski definition) is 0. The van der Waals surface area contributed by atoms with Crippen molar-refractivity contribution < 1.29 is 13.9 Å². The van der Waals surface area contributed by atoms with Crippen LogP contribution in [0.5, 0.6) is 11.5 Å². The predicted molar refractivity (Wildman–Crippen MR) is 143 cm³/mol. The van der Waals surface area contributed by atoms with Crippen molar-refractivity contribution in [3.05, 3.63) is 101 Å². The zero-order valence-electron chi connectivity index (χ0n) is 21.1. The predicted octanol–water partition coefficient (Wildman–Crippen LogP) is 7.97. The van der Waals surface area contributed by atoms with E-state index in [1.165, 1.54) is 43.2 Å². The van der Waals surface area contributed by atoms with Crippen molar-refractivity contribution in [2.24, 2.45) is 5.92 Å². The summed E-state index contributed by atoms with van der Waals surface area (Å²) in [6.45, 7) is 3.10. The van der Waals surface area contributed by atoms with Crippen molar-refractivity contribution in [1.82, 2.24) is 4.98 Å². The molecule has 1 fully saturated rings. The van der Waals surface area contributed by atoms with Gasteiger partial charge in [-0.05, 0) is 60.7 Å². The van der Waals surface area contributed by atoms with E-state index in [4.69, 9.17) is 18.9 Å².